The molecule has 118 valence electrons. The van der Waals surface area contributed by atoms with Gasteiger partial charge in [-0.3, -0.25) is 4.79 Å². The molecular formula is C14H12FN5O2S. The SMILES string of the molecule is CC[C@H](Sc1ncnc2c1nnn2-c1ccc(F)cc1)C(=O)O. The summed E-state index contributed by atoms with van der Waals surface area (Å²) in [5.41, 5.74) is 1.46. The van der Waals surface area contributed by atoms with E-state index < -0.39 is 11.2 Å². The zero-order valence-electron chi connectivity index (χ0n) is 12.0. The maximum absolute atomic E-state index is 13.0. The Labute approximate surface area is 134 Å². The van der Waals surface area contributed by atoms with Gasteiger partial charge in [-0.15, -0.1) is 5.10 Å². The van der Waals surface area contributed by atoms with E-state index in [0.29, 0.717) is 28.3 Å². The Hall–Kier alpha value is -2.55. The number of benzene rings is 1. The van der Waals surface area contributed by atoms with Crippen LogP contribution in [0.4, 0.5) is 4.39 Å². The molecule has 0 saturated carbocycles. The van der Waals surface area contributed by atoms with E-state index >= 15 is 0 Å². The largest absolute Gasteiger partial charge is 0.480 e. The Bertz CT molecular complexity index is 852. The number of carboxylic acids is 1. The van der Waals surface area contributed by atoms with Crippen molar-refractivity contribution < 1.29 is 14.3 Å². The van der Waals surface area contributed by atoms with Crippen LogP contribution in [0.15, 0.2) is 35.6 Å². The summed E-state index contributed by atoms with van der Waals surface area (Å²) in [6.45, 7) is 1.79. The molecule has 0 spiro atoms. The lowest BCUT2D eigenvalue weighted by molar-refractivity contribution is -0.136. The predicted octanol–water partition coefficient (Wildman–Crippen LogP) is 2.30. The highest BCUT2D eigenvalue weighted by molar-refractivity contribution is 8.00. The zero-order chi connectivity index (χ0) is 16.4. The monoisotopic (exact) mass is 333 g/mol. The van der Waals surface area contributed by atoms with Gasteiger partial charge in [0.1, 0.15) is 22.4 Å². The van der Waals surface area contributed by atoms with Crippen molar-refractivity contribution in [2.45, 2.75) is 23.6 Å². The van der Waals surface area contributed by atoms with Crippen molar-refractivity contribution in [3.05, 3.63) is 36.4 Å². The Morgan fingerprint density at radius 3 is 2.74 bits per heavy atom. The lowest BCUT2D eigenvalue weighted by Crippen LogP contribution is -2.15. The van der Waals surface area contributed by atoms with Gasteiger partial charge in [-0.1, -0.05) is 23.9 Å². The molecule has 23 heavy (non-hydrogen) atoms. The standard InChI is InChI=1S/C14H12FN5O2S/c1-2-10(14(21)22)23-13-11-12(16-7-17-13)20(19-18-11)9-5-3-8(15)4-6-9/h3-7,10H,2H2,1H3,(H,21,22)/t10-/m0/s1. The van der Waals surface area contributed by atoms with Crippen LogP contribution in [0.3, 0.4) is 0 Å². The third kappa shape index (κ3) is 3.00. The first kappa shape index (κ1) is 15.3. The van der Waals surface area contributed by atoms with Crippen LogP contribution in [0.25, 0.3) is 16.9 Å². The van der Waals surface area contributed by atoms with E-state index in [1.807, 2.05) is 0 Å². The highest BCUT2D eigenvalue weighted by Crippen LogP contribution is 2.28. The second kappa shape index (κ2) is 6.29. The van der Waals surface area contributed by atoms with Gasteiger partial charge < -0.3 is 5.11 Å². The first-order valence-corrected chi connectivity index (χ1v) is 7.70. The maximum atomic E-state index is 13.0. The molecule has 3 aromatic rings. The molecule has 0 aliphatic carbocycles. The van der Waals surface area contributed by atoms with Crippen molar-refractivity contribution in [2.75, 3.05) is 0 Å². The molecule has 2 heterocycles. The van der Waals surface area contributed by atoms with Gasteiger partial charge in [-0.25, -0.2) is 14.4 Å². The number of carbonyl (C=O) groups is 1. The maximum Gasteiger partial charge on any atom is 0.317 e. The number of halogens is 1. The van der Waals surface area contributed by atoms with E-state index in [2.05, 4.69) is 20.3 Å². The van der Waals surface area contributed by atoms with Crippen LogP contribution in [0, 0.1) is 5.82 Å². The van der Waals surface area contributed by atoms with Gasteiger partial charge in [-0.2, -0.15) is 4.68 Å². The number of carboxylic acid groups (broad SMARTS) is 1. The fourth-order valence-electron chi connectivity index (χ4n) is 2.01. The highest BCUT2D eigenvalue weighted by atomic mass is 32.2. The summed E-state index contributed by atoms with van der Waals surface area (Å²) >= 11 is 1.11. The van der Waals surface area contributed by atoms with Gasteiger partial charge >= 0.3 is 5.97 Å². The van der Waals surface area contributed by atoms with Crippen molar-refractivity contribution in [2.24, 2.45) is 0 Å². The third-order valence-electron chi connectivity index (χ3n) is 3.18. The lowest BCUT2D eigenvalue weighted by Gasteiger charge is -2.08. The number of rotatable bonds is 5. The molecule has 0 saturated heterocycles. The smallest absolute Gasteiger partial charge is 0.317 e. The van der Waals surface area contributed by atoms with Gasteiger partial charge in [0, 0.05) is 0 Å². The van der Waals surface area contributed by atoms with Crippen LogP contribution in [0.2, 0.25) is 0 Å². The van der Waals surface area contributed by atoms with E-state index in [9.17, 15) is 14.3 Å². The summed E-state index contributed by atoms with van der Waals surface area (Å²) in [5, 5.41) is 17.1. The first-order valence-electron chi connectivity index (χ1n) is 6.82. The molecular weight excluding hydrogens is 321 g/mol. The summed E-state index contributed by atoms with van der Waals surface area (Å²) in [6.07, 6.45) is 1.79. The second-order valence-electron chi connectivity index (χ2n) is 4.68. The number of nitrogens with zero attached hydrogens (tertiary/aromatic N) is 5. The average Bonchev–Trinajstić information content (AvgIpc) is 2.98. The Balaban J connectivity index is 2.03. The lowest BCUT2D eigenvalue weighted by atomic mass is 10.3. The van der Waals surface area contributed by atoms with E-state index in [0.717, 1.165) is 11.8 Å². The van der Waals surface area contributed by atoms with Gasteiger partial charge in [0.15, 0.2) is 11.2 Å². The fraction of sp³-hybridized carbons (Fsp3) is 0.214. The van der Waals surface area contributed by atoms with Crippen molar-refractivity contribution in [3.8, 4) is 5.69 Å². The average molecular weight is 333 g/mol. The molecule has 1 N–H and O–H groups in total. The number of aromatic nitrogens is 5. The van der Waals surface area contributed by atoms with Crippen LogP contribution in [-0.2, 0) is 4.79 Å². The molecule has 0 bridgehead atoms. The van der Waals surface area contributed by atoms with Crippen LogP contribution in [0.1, 0.15) is 13.3 Å². The number of aliphatic carboxylic acids is 1. The van der Waals surface area contributed by atoms with Crippen molar-refractivity contribution in [1.82, 2.24) is 25.0 Å². The molecule has 7 nitrogen and oxygen atoms in total. The third-order valence-corrected chi connectivity index (χ3v) is 4.52. The molecule has 0 amide bonds. The predicted molar refractivity (Wildman–Crippen MR) is 82.0 cm³/mol. The normalized spacial score (nSPS) is 12.4. The molecule has 9 heteroatoms. The molecule has 1 atom stereocenters. The number of hydrogen-bond acceptors (Lipinski definition) is 6. The Morgan fingerprint density at radius 2 is 2.09 bits per heavy atom. The molecule has 2 aromatic heterocycles. The zero-order valence-corrected chi connectivity index (χ0v) is 12.9. The number of hydrogen-bond donors (Lipinski definition) is 1. The van der Waals surface area contributed by atoms with Crippen LogP contribution < -0.4 is 0 Å². The van der Waals surface area contributed by atoms with Crippen LogP contribution >= 0.6 is 11.8 Å². The molecule has 0 fully saturated rings. The van der Waals surface area contributed by atoms with E-state index in [4.69, 9.17) is 0 Å². The molecule has 0 aliphatic rings. The first-order chi connectivity index (χ1) is 11.1. The van der Waals surface area contributed by atoms with Gasteiger partial charge in [0.25, 0.3) is 0 Å². The van der Waals surface area contributed by atoms with Crippen molar-refractivity contribution in [3.63, 3.8) is 0 Å². The minimum atomic E-state index is -0.907. The minimum absolute atomic E-state index is 0.351. The highest BCUT2D eigenvalue weighted by Gasteiger charge is 2.21. The van der Waals surface area contributed by atoms with Crippen molar-refractivity contribution in [1.29, 1.82) is 0 Å². The van der Waals surface area contributed by atoms with Crippen LogP contribution in [-0.4, -0.2) is 41.3 Å². The topological polar surface area (TPSA) is 93.8 Å². The van der Waals surface area contributed by atoms with Crippen molar-refractivity contribution >= 4 is 28.9 Å². The summed E-state index contributed by atoms with van der Waals surface area (Å²) < 4.78 is 14.5. The Kier molecular flexibility index (Phi) is 4.20. The molecule has 0 radical (unpaired) electrons. The van der Waals surface area contributed by atoms with Crippen LogP contribution in [0.5, 0.6) is 0 Å². The van der Waals surface area contributed by atoms with Gasteiger partial charge in [-0.05, 0) is 30.7 Å². The summed E-state index contributed by atoms with van der Waals surface area (Å²) in [7, 11) is 0. The number of thioether (sulfide) groups is 1. The molecule has 1 aromatic carbocycles. The summed E-state index contributed by atoms with van der Waals surface area (Å²) in [4.78, 5) is 19.5. The Morgan fingerprint density at radius 1 is 1.35 bits per heavy atom. The molecule has 0 unspecified atom stereocenters. The van der Waals surface area contributed by atoms with Gasteiger partial charge in [0.2, 0.25) is 0 Å². The molecule has 0 aliphatic heterocycles. The van der Waals surface area contributed by atoms with E-state index in [1.165, 1.54) is 23.1 Å². The van der Waals surface area contributed by atoms with E-state index in [-0.39, 0.29) is 5.82 Å². The number of fused-ring (bicyclic) bond motifs is 1. The summed E-state index contributed by atoms with van der Waals surface area (Å²) in [6, 6.07) is 5.75. The minimum Gasteiger partial charge on any atom is -0.480 e. The second-order valence-corrected chi connectivity index (χ2v) is 5.87. The molecule has 3 rings (SSSR count). The summed E-state index contributed by atoms with van der Waals surface area (Å²) in [5.74, 6) is -1.26. The fourth-order valence-corrected chi connectivity index (χ4v) is 2.90. The quantitative estimate of drug-likeness (QED) is 0.565. The van der Waals surface area contributed by atoms with Gasteiger partial charge in [0.05, 0.1) is 5.69 Å². The van der Waals surface area contributed by atoms with E-state index in [1.54, 1.807) is 19.1 Å².